The Morgan fingerprint density at radius 2 is 1.76 bits per heavy atom. The summed E-state index contributed by atoms with van der Waals surface area (Å²) in [4.78, 5) is 4.76. The predicted octanol–water partition coefficient (Wildman–Crippen LogP) is 4.13. The Labute approximate surface area is 164 Å². The molecule has 4 N–H and O–H groups in total. The van der Waals surface area contributed by atoms with Crippen LogP contribution in [0.25, 0.3) is 22.2 Å². The van der Waals surface area contributed by atoms with E-state index in [1.165, 1.54) is 0 Å². The molecule has 25 heavy (non-hydrogen) atoms. The molecular weight excluding hydrogens is 381 g/mol. The van der Waals surface area contributed by atoms with Gasteiger partial charge in [-0.15, -0.1) is 24.8 Å². The third-order valence-corrected chi connectivity index (χ3v) is 3.89. The highest BCUT2D eigenvalue weighted by atomic mass is 35.5. The monoisotopic (exact) mass is 399 g/mol. The molecule has 0 aliphatic heterocycles. The second kappa shape index (κ2) is 9.80. The van der Waals surface area contributed by atoms with Gasteiger partial charge < -0.3 is 16.2 Å². The van der Waals surface area contributed by atoms with Gasteiger partial charge >= 0.3 is 0 Å². The molecule has 7 heteroatoms. The number of fused-ring (bicyclic) bond motifs is 1. The molecule has 0 fully saturated rings. The molecule has 1 heterocycles. The van der Waals surface area contributed by atoms with Crippen LogP contribution in [-0.4, -0.2) is 29.3 Å². The second-order valence-corrected chi connectivity index (χ2v) is 5.79. The Kier molecular flexibility index (Phi) is 8.42. The largest absolute Gasteiger partial charge is 0.390 e. The Morgan fingerprint density at radius 3 is 2.44 bits per heavy atom. The summed E-state index contributed by atoms with van der Waals surface area (Å²) < 4.78 is 0. The first kappa shape index (κ1) is 21.5. The highest BCUT2D eigenvalue weighted by Gasteiger charge is 2.10. The van der Waals surface area contributed by atoms with Crippen molar-refractivity contribution in [1.82, 2.24) is 4.98 Å². The molecule has 2 aromatic carbocycles. The minimum atomic E-state index is -0.598. The number of halogens is 3. The van der Waals surface area contributed by atoms with Crippen molar-refractivity contribution in [3.63, 3.8) is 0 Å². The van der Waals surface area contributed by atoms with Gasteiger partial charge in [-0.2, -0.15) is 0 Å². The maximum absolute atomic E-state index is 9.71. The molecule has 0 aliphatic carbocycles. The summed E-state index contributed by atoms with van der Waals surface area (Å²) in [6.07, 6.45) is -0.598. The van der Waals surface area contributed by atoms with Crippen LogP contribution >= 0.6 is 36.4 Å². The van der Waals surface area contributed by atoms with Crippen LogP contribution < -0.4 is 11.1 Å². The summed E-state index contributed by atoms with van der Waals surface area (Å²) in [6, 6.07) is 17.5. The normalized spacial score (nSPS) is 11.3. The SMILES string of the molecule is Cl.Cl.NCC(O)CNc1cc2ccccc2nc1-c1ccc(Cl)cc1. The summed E-state index contributed by atoms with van der Waals surface area (Å²) in [5.74, 6) is 0. The number of hydrogen-bond acceptors (Lipinski definition) is 4. The summed E-state index contributed by atoms with van der Waals surface area (Å²) >= 11 is 5.97. The molecule has 3 aromatic rings. The smallest absolute Gasteiger partial charge is 0.0940 e. The molecule has 0 radical (unpaired) electrons. The summed E-state index contributed by atoms with van der Waals surface area (Å²) in [6.45, 7) is 0.585. The van der Waals surface area contributed by atoms with Crippen molar-refractivity contribution in [3.8, 4) is 11.3 Å². The van der Waals surface area contributed by atoms with E-state index in [2.05, 4.69) is 5.32 Å². The van der Waals surface area contributed by atoms with Gasteiger partial charge in [-0.3, -0.25) is 0 Å². The second-order valence-electron chi connectivity index (χ2n) is 5.35. The molecule has 0 bridgehead atoms. The quantitative estimate of drug-likeness (QED) is 0.602. The van der Waals surface area contributed by atoms with E-state index in [4.69, 9.17) is 22.3 Å². The lowest BCUT2D eigenvalue weighted by Gasteiger charge is -2.15. The van der Waals surface area contributed by atoms with Crippen molar-refractivity contribution in [2.24, 2.45) is 5.73 Å². The van der Waals surface area contributed by atoms with Gasteiger partial charge in [-0.05, 0) is 24.3 Å². The minimum absolute atomic E-state index is 0. The topological polar surface area (TPSA) is 71.2 Å². The number of anilines is 1. The average molecular weight is 401 g/mol. The van der Waals surface area contributed by atoms with Crippen LogP contribution in [0, 0.1) is 0 Å². The number of nitrogens with one attached hydrogen (secondary N) is 1. The highest BCUT2D eigenvalue weighted by molar-refractivity contribution is 6.30. The first-order chi connectivity index (χ1) is 11.2. The van der Waals surface area contributed by atoms with E-state index >= 15 is 0 Å². The molecular formula is C18H20Cl3N3O. The van der Waals surface area contributed by atoms with E-state index in [1.807, 2.05) is 54.6 Å². The lowest BCUT2D eigenvalue weighted by Crippen LogP contribution is -2.28. The van der Waals surface area contributed by atoms with E-state index in [1.54, 1.807) is 0 Å². The zero-order valence-corrected chi connectivity index (χ0v) is 15.7. The molecule has 0 aliphatic rings. The van der Waals surface area contributed by atoms with Crippen molar-refractivity contribution in [2.75, 3.05) is 18.4 Å². The minimum Gasteiger partial charge on any atom is -0.390 e. The van der Waals surface area contributed by atoms with E-state index in [9.17, 15) is 5.11 Å². The predicted molar refractivity (Wildman–Crippen MR) is 110 cm³/mol. The Morgan fingerprint density at radius 1 is 1.08 bits per heavy atom. The maximum atomic E-state index is 9.71. The van der Waals surface area contributed by atoms with Gasteiger partial charge in [0.1, 0.15) is 0 Å². The number of para-hydroxylation sites is 1. The van der Waals surface area contributed by atoms with Crippen LogP contribution in [0.3, 0.4) is 0 Å². The van der Waals surface area contributed by atoms with Crippen LogP contribution in [0.5, 0.6) is 0 Å². The van der Waals surface area contributed by atoms with Crippen molar-refractivity contribution in [3.05, 3.63) is 59.6 Å². The molecule has 0 saturated heterocycles. The number of aliphatic hydroxyl groups is 1. The van der Waals surface area contributed by atoms with Crippen LogP contribution in [0.2, 0.25) is 5.02 Å². The summed E-state index contributed by atoms with van der Waals surface area (Å²) in [5, 5.41) is 14.7. The Bertz CT molecular complexity index is 812. The third-order valence-electron chi connectivity index (χ3n) is 3.64. The highest BCUT2D eigenvalue weighted by Crippen LogP contribution is 2.30. The van der Waals surface area contributed by atoms with E-state index in [0.29, 0.717) is 11.6 Å². The number of pyridine rings is 1. The Hall–Kier alpha value is -1.56. The standard InChI is InChI=1S/C18H18ClN3O.2ClH/c19-14-7-5-12(6-8-14)18-17(21-11-15(23)10-20)9-13-3-1-2-4-16(13)22-18;;/h1-9,15,21,23H,10-11,20H2;2*1H. The number of aliphatic hydroxyl groups excluding tert-OH is 1. The van der Waals surface area contributed by atoms with Gasteiger partial charge in [0.25, 0.3) is 0 Å². The van der Waals surface area contributed by atoms with Crippen molar-refractivity contribution < 1.29 is 5.11 Å². The first-order valence-electron chi connectivity index (χ1n) is 7.45. The molecule has 0 spiro atoms. The van der Waals surface area contributed by atoms with E-state index in [0.717, 1.165) is 27.8 Å². The number of rotatable bonds is 5. The fraction of sp³-hybridized carbons (Fsp3) is 0.167. The molecule has 0 saturated carbocycles. The zero-order chi connectivity index (χ0) is 16.2. The molecule has 4 nitrogen and oxygen atoms in total. The van der Waals surface area contributed by atoms with Crippen LogP contribution in [0.15, 0.2) is 54.6 Å². The zero-order valence-electron chi connectivity index (χ0n) is 13.4. The Balaban J connectivity index is 0.00000156. The fourth-order valence-corrected chi connectivity index (χ4v) is 2.52. The van der Waals surface area contributed by atoms with Gasteiger partial charge in [0.15, 0.2) is 0 Å². The summed E-state index contributed by atoms with van der Waals surface area (Å²) in [5.41, 5.74) is 9.04. The molecule has 1 aromatic heterocycles. The number of nitrogens with two attached hydrogens (primary N) is 1. The number of hydrogen-bond donors (Lipinski definition) is 3. The van der Waals surface area contributed by atoms with Gasteiger partial charge in [0.2, 0.25) is 0 Å². The number of aromatic nitrogens is 1. The van der Waals surface area contributed by atoms with Crippen LogP contribution in [0.1, 0.15) is 0 Å². The average Bonchev–Trinajstić information content (AvgIpc) is 2.59. The van der Waals surface area contributed by atoms with Gasteiger partial charge in [0, 0.05) is 29.1 Å². The van der Waals surface area contributed by atoms with E-state index < -0.39 is 6.10 Å². The third kappa shape index (κ3) is 5.21. The van der Waals surface area contributed by atoms with Crippen LogP contribution in [-0.2, 0) is 0 Å². The molecule has 3 rings (SSSR count). The van der Waals surface area contributed by atoms with E-state index in [-0.39, 0.29) is 31.4 Å². The van der Waals surface area contributed by atoms with Crippen molar-refractivity contribution in [2.45, 2.75) is 6.10 Å². The lowest BCUT2D eigenvalue weighted by atomic mass is 10.1. The molecule has 0 amide bonds. The number of nitrogens with zero attached hydrogens (tertiary/aromatic N) is 1. The van der Waals surface area contributed by atoms with Gasteiger partial charge in [-0.25, -0.2) is 4.98 Å². The molecule has 1 unspecified atom stereocenters. The summed E-state index contributed by atoms with van der Waals surface area (Å²) in [7, 11) is 0. The van der Waals surface area contributed by atoms with Gasteiger partial charge in [0.05, 0.1) is 23.0 Å². The number of benzene rings is 2. The maximum Gasteiger partial charge on any atom is 0.0940 e. The fourth-order valence-electron chi connectivity index (χ4n) is 2.39. The molecule has 1 atom stereocenters. The first-order valence-corrected chi connectivity index (χ1v) is 7.83. The van der Waals surface area contributed by atoms with Crippen molar-refractivity contribution in [1.29, 1.82) is 0 Å². The molecule has 134 valence electrons. The van der Waals surface area contributed by atoms with Crippen LogP contribution in [0.4, 0.5) is 5.69 Å². The van der Waals surface area contributed by atoms with Crippen molar-refractivity contribution >= 4 is 53.0 Å². The lowest BCUT2D eigenvalue weighted by molar-refractivity contribution is 0.196. The van der Waals surface area contributed by atoms with Gasteiger partial charge in [-0.1, -0.05) is 41.9 Å².